The van der Waals surface area contributed by atoms with Crippen LogP contribution in [0.5, 0.6) is 5.75 Å². The number of hydrogen-bond acceptors (Lipinski definition) is 3. The van der Waals surface area contributed by atoms with Crippen LogP contribution < -0.4 is 10.9 Å². The molecule has 7 heteroatoms. The Balaban J connectivity index is 2.00. The van der Waals surface area contributed by atoms with Gasteiger partial charge >= 0.3 is 0 Å². The third-order valence-electron chi connectivity index (χ3n) is 3.95. The fourth-order valence-corrected chi connectivity index (χ4v) is 3.06. The van der Waals surface area contributed by atoms with Crippen LogP contribution in [-0.4, -0.2) is 15.6 Å². The number of halogens is 2. The molecule has 0 unspecified atom stereocenters. The summed E-state index contributed by atoms with van der Waals surface area (Å²) in [5, 5.41) is 13.2. The lowest BCUT2D eigenvalue weighted by Gasteiger charge is -2.13. The van der Waals surface area contributed by atoms with Gasteiger partial charge in [-0.1, -0.05) is 34.1 Å². The summed E-state index contributed by atoms with van der Waals surface area (Å²) in [6.45, 7) is -0.0763. The number of fused-ring (bicyclic) bond motifs is 1. The van der Waals surface area contributed by atoms with Crippen LogP contribution in [0.15, 0.2) is 51.7 Å². The van der Waals surface area contributed by atoms with Gasteiger partial charge in [0, 0.05) is 29.0 Å². The minimum Gasteiger partial charge on any atom is -0.502 e. The zero-order valence-corrected chi connectivity index (χ0v) is 14.8. The number of aryl methyl sites for hydroxylation is 1. The number of aromatic nitrogens is 1. The standard InChI is InChI=1S/C18H14BrFN2O3/c1-22-14-5-3-2-4-12(14)15(16(23)18(22)25)17(24)21-9-10-8-11(19)6-7-13(10)20/h2-8,23H,9H2,1H3,(H,21,24). The van der Waals surface area contributed by atoms with Gasteiger partial charge in [0.25, 0.3) is 11.5 Å². The molecular formula is C18H14BrFN2O3. The second kappa shape index (κ2) is 6.68. The number of nitrogens with one attached hydrogen (secondary N) is 1. The topological polar surface area (TPSA) is 71.3 Å². The molecule has 0 aliphatic heterocycles. The number of nitrogens with zero attached hydrogens (tertiary/aromatic N) is 1. The van der Waals surface area contributed by atoms with Crippen LogP contribution >= 0.6 is 15.9 Å². The third-order valence-corrected chi connectivity index (χ3v) is 4.45. The molecule has 25 heavy (non-hydrogen) atoms. The molecule has 3 rings (SSSR count). The average molecular weight is 405 g/mol. The molecule has 1 amide bonds. The first-order chi connectivity index (χ1) is 11.9. The lowest BCUT2D eigenvalue weighted by Crippen LogP contribution is -2.27. The van der Waals surface area contributed by atoms with Crippen LogP contribution in [0.3, 0.4) is 0 Å². The zero-order chi connectivity index (χ0) is 18.1. The van der Waals surface area contributed by atoms with E-state index in [2.05, 4.69) is 21.2 Å². The number of amides is 1. The van der Waals surface area contributed by atoms with Crippen LogP contribution in [0.4, 0.5) is 4.39 Å². The minimum atomic E-state index is -0.669. The molecule has 0 saturated carbocycles. The highest BCUT2D eigenvalue weighted by molar-refractivity contribution is 9.10. The van der Waals surface area contributed by atoms with Crippen LogP contribution in [0.25, 0.3) is 10.9 Å². The largest absolute Gasteiger partial charge is 0.502 e. The number of hydrogen-bond donors (Lipinski definition) is 2. The van der Waals surface area contributed by atoms with E-state index in [9.17, 15) is 19.1 Å². The maximum atomic E-state index is 13.8. The Hall–Kier alpha value is -2.67. The number of pyridine rings is 1. The molecule has 0 bridgehead atoms. The molecule has 3 aromatic rings. The second-order valence-corrected chi connectivity index (χ2v) is 6.44. The Morgan fingerprint density at radius 3 is 2.76 bits per heavy atom. The quantitative estimate of drug-likeness (QED) is 0.704. The van der Waals surface area contributed by atoms with Crippen LogP contribution in [-0.2, 0) is 13.6 Å². The molecule has 0 aliphatic carbocycles. The van der Waals surface area contributed by atoms with Crippen molar-refractivity contribution in [3.05, 3.63) is 74.2 Å². The van der Waals surface area contributed by atoms with Crippen molar-refractivity contribution in [3.63, 3.8) is 0 Å². The summed E-state index contributed by atoms with van der Waals surface area (Å²) in [6, 6.07) is 11.2. The van der Waals surface area contributed by atoms with E-state index in [1.165, 1.54) is 17.7 Å². The Morgan fingerprint density at radius 1 is 1.28 bits per heavy atom. The number of para-hydroxylation sites is 1. The predicted octanol–water partition coefficient (Wildman–Crippen LogP) is 3.08. The van der Waals surface area contributed by atoms with Gasteiger partial charge in [-0.2, -0.15) is 0 Å². The summed E-state index contributed by atoms with van der Waals surface area (Å²) in [5.41, 5.74) is 0.0195. The monoisotopic (exact) mass is 404 g/mol. The molecule has 0 aliphatic rings. The van der Waals surface area contributed by atoms with Crippen molar-refractivity contribution in [3.8, 4) is 5.75 Å². The summed E-state index contributed by atoms with van der Waals surface area (Å²) in [5.74, 6) is -1.74. The van der Waals surface area contributed by atoms with E-state index < -0.39 is 23.0 Å². The van der Waals surface area contributed by atoms with Gasteiger partial charge in [-0.15, -0.1) is 0 Å². The van der Waals surface area contributed by atoms with Gasteiger partial charge in [0.15, 0.2) is 5.75 Å². The van der Waals surface area contributed by atoms with E-state index in [-0.39, 0.29) is 17.7 Å². The van der Waals surface area contributed by atoms with E-state index in [0.717, 1.165) is 0 Å². The van der Waals surface area contributed by atoms with Gasteiger partial charge in [0.05, 0.1) is 11.1 Å². The van der Waals surface area contributed by atoms with Crippen molar-refractivity contribution < 1.29 is 14.3 Å². The fraction of sp³-hybridized carbons (Fsp3) is 0.111. The number of aromatic hydroxyl groups is 1. The van der Waals surface area contributed by atoms with E-state index in [4.69, 9.17) is 0 Å². The number of carbonyl (C=O) groups is 1. The van der Waals surface area contributed by atoms with Gasteiger partial charge in [-0.05, 0) is 24.3 Å². The molecule has 2 aromatic carbocycles. The minimum absolute atomic E-state index is 0.0763. The lowest BCUT2D eigenvalue weighted by molar-refractivity contribution is 0.0949. The van der Waals surface area contributed by atoms with Gasteiger partial charge in [0.2, 0.25) is 0 Å². The Kier molecular flexibility index (Phi) is 4.59. The molecule has 128 valence electrons. The molecular weight excluding hydrogens is 391 g/mol. The summed E-state index contributed by atoms with van der Waals surface area (Å²) in [7, 11) is 1.52. The van der Waals surface area contributed by atoms with Crippen LogP contribution in [0.1, 0.15) is 15.9 Å². The van der Waals surface area contributed by atoms with Crippen LogP contribution in [0, 0.1) is 5.82 Å². The first-order valence-corrected chi connectivity index (χ1v) is 8.22. The zero-order valence-electron chi connectivity index (χ0n) is 13.2. The summed E-state index contributed by atoms with van der Waals surface area (Å²) >= 11 is 3.25. The molecule has 0 fully saturated rings. The lowest BCUT2D eigenvalue weighted by atomic mass is 10.1. The number of benzene rings is 2. The molecule has 0 atom stereocenters. The van der Waals surface area contributed by atoms with Gasteiger partial charge in [-0.3, -0.25) is 9.59 Å². The van der Waals surface area contributed by atoms with Gasteiger partial charge in [-0.25, -0.2) is 4.39 Å². The molecule has 2 N–H and O–H groups in total. The highest BCUT2D eigenvalue weighted by atomic mass is 79.9. The average Bonchev–Trinajstić information content (AvgIpc) is 2.61. The molecule has 1 heterocycles. The smallest absolute Gasteiger partial charge is 0.293 e. The fourth-order valence-electron chi connectivity index (χ4n) is 2.65. The predicted molar refractivity (Wildman–Crippen MR) is 96.1 cm³/mol. The van der Waals surface area contributed by atoms with E-state index in [0.29, 0.717) is 15.4 Å². The Labute approximate surface area is 150 Å². The highest BCUT2D eigenvalue weighted by Crippen LogP contribution is 2.23. The summed E-state index contributed by atoms with van der Waals surface area (Å²) in [4.78, 5) is 24.7. The van der Waals surface area contributed by atoms with E-state index >= 15 is 0 Å². The SMILES string of the molecule is Cn1c(=O)c(O)c(C(=O)NCc2cc(Br)ccc2F)c2ccccc21. The first kappa shape index (κ1) is 17.2. The molecule has 0 saturated heterocycles. The van der Waals surface area contributed by atoms with Crippen molar-refractivity contribution in [1.29, 1.82) is 0 Å². The summed E-state index contributed by atoms with van der Waals surface area (Å²) < 4.78 is 15.8. The normalized spacial score (nSPS) is 10.8. The molecule has 0 spiro atoms. The highest BCUT2D eigenvalue weighted by Gasteiger charge is 2.20. The van der Waals surface area contributed by atoms with Crippen molar-refractivity contribution in [2.45, 2.75) is 6.54 Å². The maximum Gasteiger partial charge on any atom is 0.293 e. The van der Waals surface area contributed by atoms with Gasteiger partial charge < -0.3 is 15.0 Å². The van der Waals surface area contributed by atoms with Crippen molar-refractivity contribution in [2.75, 3.05) is 0 Å². The maximum absolute atomic E-state index is 13.8. The third kappa shape index (κ3) is 3.15. The van der Waals surface area contributed by atoms with Gasteiger partial charge in [0.1, 0.15) is 5.82 Å². The summed E-state index contributed by atoms with van der Waals surface area (Å²) in [6.07, 6.45) is 0. The van der Waals surface area contributed by atoms with E-state index in [1.54, 1.807) is 36.4 Å². The first-order valence-electron chi connectivity index (χ1n) is 7.43. The molecule has 1 aromatic heterocycles. The molecule has 0 radical (unpaired) electrons. The van der Waals surface area contributed by atoms with Crippen molar-refractivity contribution in [2.24, 2.45) is 7.05 Å². The second-order valence-electron chi connectivity index (χ2n) is 5.52. The Bertz CT molecular complexity index is 1050. The van der Waals surface area contributed by atoms with E-state index in [1.807, 2.05) is 0 Å². The van der Waals surface area contributed by atoms with Crippen LogP contribution in [0.2, 0.25) is 0 Å². The molecule has 5 nitrogen and oxygen atoms in total. The Morgan fingerprint density at radius 2 is 2.00 bits per heavy atom. The van der Waals surface area contributed by atoms with Crippen molar-refractivity contribution >= 4 is 32.7 Å². The van der Waals surface area contributed by atoms with Crippen molar-refractivity contribution in [1.82, 2.24) is 9.88 Å². The number of carbonyl (C=O) groups excluding carboxylic acids is 1. The number of rotatable bonds is 3.